The van der Waals surface area contributed by atoms with Crippen molar-refractivity contribution < 1.29 is 9.18 Å². The van der Waals surface area contributed by atoms with Gasteiger partial charge in [-0.1, -0.05) is 15.9 Å². The summed E-state index contributed by atoms with van der Waals surface area (Å²) in [6, 6.07) is 5.43. The van der Waals surface area contributed by atoms with E-state index in [0.29, 0.717) is 12.0 Å². The number of carbonyl (C=O) groups excluding carboxylic acids is 1. The highest BCUT2D eigenvalue weighted by Crippen LogP contribution is 2.29. The van der Waals surface area contributed by atoms with Crippen LogP contribution in [0.25, 0.3) is 0 Å². The Bertz CT molecular complexity index is 637. The van der Waals surface area contributed by atoms with Gasteiger partial charge in [0.15, 0.2) is 0 Å². The summed E-state index contributed by atoms with van der Waals surface area (Å²) in [5, 5.41) is 3.07. The van der Waals surface area contributed by atoms with E-state index in [1.165, 1.54) is 64.2 Å². The van der Waals surface area contributed by atoms with Gasteiger partial charge in [-0.2, -0.15) is 0 Å². The Balaban J connectivity index is 1.30. The second-order valence-electron chi connectivity index (χ2n) is 8.79. The van der Waals surface area contributed by atoms with E-state index in [2.05, 4.69) is 26.1 Å². The van der Waals surface area contributed by atoms with E-state index in [1.54, 1.807) is 13.0 Å². The van der Waals surface area contributed by atoms with Gasteiger partial charge in [0, 0.05) is 17.4 Å². The Morgan fingerprint density at radius 2 is 1.86 bits per heavy atom. The fraction of sp³-hybridized carbons (Fsp3) is 0.696. The molecule has 1 aromatic carbocycles. The number of hydrogen-bond acceptors (Lipinski definition) is 2. The molecular weight excluding hydrogens is 419 g/mol. The normalized spacial score (nSPS) is 24.2. The zero-order valence-electron chi connectivity index (χ0n) is 17.1. The van der Waals surface area contributed by atoms with Gasteiger partial charge in [-0.25, -0.2) is 4.39 Å². The van der Waals surface area contributed by atoms with Gasteiger partial charge in [-0.3, -0.25) is 4.79 Å². The first-order valence-electron chi connectivity index (χ1n) is 10.9. The quantitative estimate of drug-likeness (QED) is 0.606. The third kappa shape index (κ3) is 6.84. The molecular formula is C23H34BrFN2O. The average Bonchev–Trinajstić information content (AvgIpc) is 2.67. The third-order valence-electron chi connectivity index (χ3n) is 6.56. The number of nitrogens with zero attached hydrogens (tertiary/aromatic N) is 1. The second kappa shape index (κ2) is 10.7. The van der Waals surface area contributed by atoms with Gasteiger partial charge in [0.05, 0.1) is 0 Å². The summed E-state index contributed by atoms with van der Waals surface area (Å²) >= 11 is 3.56. The van der Waals surface area contributed by atoms with Crippen molar-refractivity contribution in [1.82, 2.24) is 10.2 Å². The molecule has 3 nitrogen and oxygen atoms in total. The summed E-state index contributed by atoms with van der Waals surface area (Å²) in [5.41, 5.74) is 1.10. The Morgan fingerprint density at radius 1 is 1.14 bits per heavy atom. The molecule has 1 saturated carbocycles. The first-order chi connectivity index (χ1) is 13.5. The highest BCUT2D eigenvalue weighted by molar-refractivity contribution is 9.10. The monoisotopic (exact) mass is 452 g/mol. The van der Waals surface area contributed by atoms with Crippen LogP contribution in [0.3, 0.4) is 0 Å². The van der Waals surface area contributed by atoms with Crippen molar-refractivity contribution >= 4 is 21.8 Å². The SMILES string of the molecule is CC(=O)NC1CCC(CCCN2CCC(Cc3cc(F)ccc3Br)CC2)CC1. The minimum Gasteiger partial charge on any atom is -0.354 e. The molecule has 1 aliphatic heterocycles. The van der Waals surface area contributed by atoms with Crippen LogP contribution in [0, 0.1) is 17.7 Å². The molecule has 0 spiro atoms. The lowest BCUT2D eigenvalue weighted by Crippen LogP contribution is -2.37. The van der Waals surface area contributed by atoms with Gasteiger partial charge in [-0.05, 0) is 113 Å². The molecule has 1 aromatic rings. The number of nitrogens with one attached hydrogen (secondary N) is 1. The summed E-state index contributed by atoms with van der Waals surface area (Å²) in [6.07, 6.45) is 10.8. The van der Waals surface area contributed by atoms with Crippen LogP contribution in [0.2, 0.25) is 0 Å². The molecule has 1 heterocycles. The van der Waals surface area contributed by atoms with E-state index >= 15 is 0 Å². The van der Waals surface area contributed by atoms with E-state index < -0.39 is 0 Å². The van der Waals surface area contributed by atoms with Gasteiger partial charge in [-0.15, -0.1) is 0 Å². The number of amides is 1. The molecule has 0 unspecified atom stereocenters. The number of halogens is 2. The number of likely N-dealkylation sites (tertiary alicyclic amines) is 1. The Labute approximate surface area is 177 Å². The van der Waals surface area contributed by atoms with Crippen LogP contribution >= 0.6 is 15.9 Å². The lowest BCUT2D eigenvalue weighted by molar-refractivity contribution is -0.119. The van der Waals surface area contributed by atoms with Crippen LogP contribution in [0.4, 0.5) is 4.39 Å². The maximum Gasteiger partial charge on any atom is 0.217 e. The number of carbonyl (C=O) groups is 1. The van der Waals surface area contributed by atoms with Crippen molar-refractivity contribution in [2.24, 2.45) is 11.8 Å². The van der Waals surface area contributed by atoms with E-state index in [0.717, 1.165) is 35.2 Å². The highest BCUT2D eigenvalue weighted by Gasteiger charge is 2.23. The predicted molar refractivity (Wildman–Crippen MR) is 116 cm³/mol. The largest absolute Gasteiger partial charge is 0.354 e. The molecule has 0 radical (unpaired) electrons. The standard InChI is InChI=1S/C23H34BrFN2O/c1-17(28)26-22-7-4-18(5-8-22)3-2-12-27-13-10-19(11-14-27)15-20-16-21(25)6-9-23(20)24/h6,9,16,18-19,22H,2-5,7-8,10-15H2,1H3,(H,26,28). The van der Waals surface area contributed by atoms with Crippen molar-refractivity contribution in [2.75, 3.05) is 19.6 Å². The minimum atomic E-state index is -0.137. The number of rotatable bonds is 7. The van der Waals surface area contributed by atoms with Crippen molar-refractivity contribution in [3.05, 3.63) is 34.1 Å². The zero-order valence-corrected chi connectivity index (χ0v) is 18.6. The number of piperidine rings is 1. The Morgan fingerprint density at radius 3 is 2.54 bits per heavy atom. The maximum atomic E-state index is 13.5. The summed E-state index contributed by atoms with van der Waals surface area (Å²) in [6.45, 7) is 5.17. The molecule has 5 heteroatoms. The molecule has 156 valence electrons. The van der Waals surface area contributed by atoms with Gasteiger partial charge >= 0.3 is 0 Å². The molecule has 0 aromatic heterocycles. The first kappa shape index (κ1) is 21.8. The number of benzene rings is 1. The van der Waals surface area contributed by atoms with Crippen LogP contribution < -0.4 is 5.32 Å². The minimum absolute atomic E-state index is 0.108. The smallest absolute Gasteiger partial charge is 0.217 e. The fourth-order valence-electron chi connectivity index (χ4n) is 4.91. The van der Waals surface area contributed by atoms with Crippen molar-refractivity contribution in [2.45, 2.75) is 70.8 Å². The molecule has 1 aliphatic carbocycles. The summed E-state index contributed by atoms with van der Waals surface area (Å²) < 4.78 is 14.5. The summed E-state index contributed by atoms with van der Waals surface area (Å²) in [4.78, 5) is 13.8. The molecule has 1 saturated heterocycles. The zero-order chi connectivity index (χ0) is 19.9. The lowest BCUT2D eigenvalue weighted by atomic mass is 9.83. The van der Waals surface area contributed by atoms with Gasteiger partial charge in [0.2, 0.25) is 5.91 Å². The molecule has 2 aliphatic rings. The van der Waals surface area contributed by atoms with Crippen molar-refractivity contribution in [1.29, 1.82) is 0 Å². The third-order valence-corrected chi connectivity index (χ3v) is 7.34. The van der Waals surface area contributed by atoms with Crippen LogP contribution in [0.15, 0.2) is 22.7 Å². The van der Waals surface area contributed by atoms with Gasteiger partial charge in [0.25, 0.3) is 0 Å². The maximum absolute atomic E-state index is 13.5. The van der Waals surface area contributed by atoms with E-state index in [1.807, 2.05) is 6.07 Å². The van der Waals surface area contributed by atoms with Crippen LogP contribution in [0.5, 0.6) is 0 Å². The lowest BCUT2D eigenvalue weighted by Gasteiger charge is -2.33. The van der Waals surface area contributed by atoms with E-state index in [9.17, 15) is 9.18 Å². The molecule has 1 N–H and O–H groups in total. The molecule has 2 fully saturated rings. The van der Waals surface area contributed by atoms with Crippen LogP contribution in [0.1, 0.15) is 63.9 Å². The Hall–Kier alpha value is -0.940. The average molecular weight is 453 g/mol. The van der Waals surface area contributed by atoms with Crippen molar-refractivity contribution in [3.63, 3.8) is 0 Å². The second-order valence-corrected chi connectivity index (χ2v) is 9.64. The van der Waals surface area contributed by atoms with E-state index in [4.69, 9.17) is 0 Å². The Kier molecular flexibility index (Phi) is 8.34. The molecule has 1 amide bonds. The number of hydrogen-bond donors (Lipinski definition) is 1. The molecule has 28 heavy (non-hydrogen) atoms. The summed E-state index contributed by atoms with van der Waals surface area (Å²) in [5.74, 6) is 1.48. The van der Waals surface area contributed by atoms with Crippen molar-refractivity contribution in [3.8, 4) is 0 Å². The highest BCUT2D eigenvalue weighted by atomic mass is 79.9. The van der Waals surface area contributed by atoms with Crippen LogP contribution in [-0.4, -0.2) is 36.5 Å². The fourth-order valence-corrected chi connectivity index (χ4v) is 5.32. The predicted octanol–water partition coefficient (Wildman–Crippen LogP) is 5.32. The van der Waals surface area contributed by atoms with E-state index in [-0.39, 0.29) is 11.7 Å². The van der Waals surface area contributed by atoms with Crippen LogP contribution in [-0.2, 0) is 11.2 Å². The van der Waals surface area contributed by atoms with Gasteiger partial charge in [0.1, 0.15) is 5.82 Å². The molecule has 0 bridgehead atoms. The summed E-state index contributed by atoms with van der Waals surface area (Å²) in [7, 11) is 0. The first-order valence-corrected chi connectivity index (χ1v) is 11.7. The topological polar surface area (TPSA) is 32.3 Å². The van der Waals surface area contributed by atoms with Gasteiger partial charge < -0.3 is 10.2 Å². The molecule has 0 atom stereocenters. The molecule has 3 rings (SSSR count).